The normalized spacial score (nSPS) is 16.1. The molecule has 1 amide bonds. The van der Waals surface area contributed by atoms with E-state index in [1.54, 1.807) is 6.20 Å². The third-order valence-electron chi connectivity index (χ3n) is 3.88. The second kappa shape index (κ2) is 6.39. The lowest BCUT2D eigenvalue weighted by Gasteiger charge is -2.31. The predicted octanol–water partition coefficient (Wildman–Crippen LogP) is 3.72. The van der Waals surface area contributed by atoms with E-state index >= 15 is 0 Å². The number of carbonyl (C=O) groups is 1. The van der Waals surface area contributed by atoms with Gasteiger partial charge < -0.3 is 9.88 Å². The molecule has 2 aromatic rings. The van der Waals surface area contributed by atoms with Gasteiger partial charge in [-0.25, -0.2) is 0 Å². The largest absolute Gasteiger partial charge is 0.357 e. The number of benzene rings is 1. The third kappa shape index (κ3) is 3.50. The molecule has 110 valence electrons. The van der Waals surface area contributed by atoms with Crippen LogP contribution in [0.1, 0.15) is 28.9 Å². The minimum Gasteiger partial charge on any atom is -0.357 e. The van der Waals surface area contributed by atoms with Crippen molar-refractivity contribution in [3.8, 4) is 0 Å². The highest BCUT2D eigenvalue weighted by atomic mass is 32.2. The molecule has 3 nitrogen and oxygen atoms in total. The highest BCUT2D eigenvalue weighted by molar-refractivity contribution is 8.00. The van der Waals surface area contributed by atoms with Gasteiger partial charge in [0.05, 0.1) is 0 Å². The first-order valence-electron chi connectivity index (χ1n) is 7.38. The number of nitrogens with one attached hydrogen (secondary N) is 1. The quantitative estimate of drug-likeness (QED) is 0.938. The third-order valence-corrected chi connectivity index (χ3v) is 5.23. The van der Waals surface area contributed by atoms with Crippen molar-refractivity contribution in [3.63, 3.8) is 0 Å². The van der Waals surface area contributed by atoms with Crippen molar-refractivity contribution in [1.82, 2.24) is 9.88 Å². The Morgan fingerprint density at radius 1 is 1.19 bits per heavy atom. The lowest BCUT2D eigenvalue weighted by Crippen LogP contribution is -2.39. The van der Waals surface area contributed by atoms with Crippen LogP contribution in [0.5, 0.6) is 0 Å². The van der Waals surface area contributed by atoms with Gasteiger partial charge in [0.2, 0.25) is 0 Å². The van der Waals surface area contributed by atoms with Crippen LogP contribution < -0.4 is 0 Å². The van der Waals surface area contributed by atoms with E-state index in [4.69, 9.17) is 0 Å². The Balaban J connectivity index is 1.53. The van der Waals surface area contributed by atoms with E-state index in [1.165, 1.54) is 10.5 Å². The molecule has 1 saturated heterocycles. The maximum Gasteiger partial charge on any atom is 0.270 e. The fourth-order valence-corrected chi connectivity index (χ4v) is 3.74. The molecule has 1 N–H and O–H groups in total. The number of aromatic nitrogens is 1. The molecule has 1 fully saturated rings. The standard InChI is InChI=1S/C17H20N2OS/c1-13-4-6-14(7-5-13)21-15-8-11-19(12-9-15)17(20)16-3-2-10-18-16/h2-7,10,15,18H,8-9,11-12H2,1H3. The van der Waals surface area contributed by atoms with Crippen molar-refractivity contribution >= 4 is 17.7 Å². The average Bonchev–Trinajstić information content (AvgIpc) is 3.04. The molecule has 0 unspecified atom stereocenters. The molecule has 0 radical (unpaired) electrons. The number of likely N-dealkylation sites (tertiary alicyclic amines) is 1. The number of nitrogens with zero attached hydrogens (tertiary/aromatic N) is 1. The molecular formula is C17H20N2OS. The monoisotopic (exact) mass is 300 g/mol. The molecule has 1 aliphatic rings. The Morgan fingerprint density at radius 2 is 1.90 bits per heavy atom. The molecule has 0 saturated carbocycles. The number of aryl methyl sites for hydroxylation is 1. The van der Waals surface area contributed by atoms with Gasteiger partial charge in [-0.05, 0) is 44.0 Å². The van der Waals surface area contributed by atoms with E-state index in [0.29, 0.717) is 10.9 Å². The van der Waals surface area contributed by atoms with Crippen molar-refractivity contribution < 1.29 is 4.79 Å². The van der Waals surface area contributed by atoms with Gasteiger partial charge in [0.15, 0.2) is 0 Å². The second-order valence-corrected chi connectivity index (χ2v) is 6.88. The molecule has 0 bridgehead atoms. The Kier molecular flexibility index (Phi) is 4.34. The molecule has 1 aromatic heterocycles. The number of piperidine rings is 1. The maximum atomic E-state index is 12.3. The average molecular weight is 300 g/mol. The molecule has 1 aromatic carbocycles. The Hall–Kier alpha value is -1.68. The van der Waals surface area contributed by atoms with Crippen LogP contribution in [0.25, 0.3) is 0 Å². The van der Waals surface area contributed by atoms with Gasteiger partial charge in [0.1, 0.15) is 5.69 Å². The molecule has 21 heavy (non-hydrogen) atoms. The number of rotatable bonds is 3. The molecule has 2 heterocycles. The van der Waals surface area contributed by atoms with Crippen LogP contribution in [0, 0.1) is 6.92 Å². The van der Waals surface area contributed by atoms with E-state index < -0.39 is 0 Å². The number of H-pyrrole nitrogens is 1. The number of hydrogen-bond acceptors (Lipinski definition) is 2. The van der Waals surface area contributed by atoms with E-state index in [2.05, 4.69) is 36.2 Å². The SMILES string of the molecule is Cc1ccc(SC2CCN(C(=O)c3ccc[nH]3)CC2)cc1. The number of amides is 1. The molecule has 0 aliphatic carbocycles. The Morgan fingerprint density at radius 3 is 2.52 bits per heavy atom. The molecule has 4 heteroatoms. The van der Waals surface area contributed by atoms with Crippen LogP contribution >= 0.6 is 11.8 Å². The fourth-order valence-electron chi connectivity index (χ4n) is 2.62. The van der Waals surface area contributed by atoms with Crippen LogP contribution in [0.4, 0.5) is 0 Å². The summed E-state index contributed by atoms with van der Waals surface area (Å²) >= 11 is 1.94. The summed E-state index contributed by atoms with van der Waals surface area (Å²) in [5, 5.41) is 0.611. The molecule has 1 aliphatic heterocycles. The first kappa shape index (κ1) is 14.3. The molecule has 3 rings (SSSR count). The van der Waals surface area contributed by atoms with E-state index in [9.17, 15) is 4.79 Å². The summed E-state index contributed by atoms with van der Waals surface area (Å²) in [5.74, 6) is 0.124. The Bertz CT molecular complexity index is 584. The van der Waals surface area contributed by atoms with Gasteiger partial charge in [-0.15, -0.1) is 11.8 Å². The van der Waals surface area contributed by atoms with Gasteiger partial charge in [0, 0.05) is 29.4 Å². The predicted molar refractivity (Wildman–Crippen MR) is 86.8 cm³/mol. The number of carbonyl (C=O) groups excluding carboxylic acids is 1. The van der Waals surface area contributed by atoms with E-state index in [0.717, 1.165) is 25.9 Å². The number of thioether (sulfide) groups is 1. The fraction of sp³-hybridized carbons (Fsp3) is 0.353. The first-order chi connectivity index (χ1) is 10.2. The van der Waals surface area contributed by atoms with Crippen molar-refractivity contribution in [1.29, 1.82) is 0 Å². The van der Waals surface area contributed by atoms with Crippen LogP contribution in [0.3, 0.4) is 0 Å². The van der Waals surface area contributed by atoms with E-state index in [1.807, 2.05) is 28.8 Å². The van der Waals surface area contributed by atoms with Crippen LogP contribution in [0.2, 0.25) is 0 Å². The molecular weight excluding hydrogens is 280 g/mol. The highest BCUT2D eigenvalue weighted by Gasteiger charge is 2.24. The maximum absolute atomic E-state index is 12.3. The Labute approximate surface area is 129 Å². The highest BCUT2D eigenvalue weighted by Crippen LogP contribution is 2.30. The minimum atomic E-state index is 0.124. The number of aromatic amines is 1. The molecule has 0 atom stereocenters. The van der Waals surface area contributed by atoms with Gasteiger partial charge in [-0.2, -0.15) is 0 Å². The summed E-state index contributed by atoms with van der Waals surface area (Å²) in [7, 11) is 0. The van der Waals surface area contributed by atoms with Crippen molar-refractivity contribution in [2.24, 2.45) is 0 Å². The summed E-state index contributed by atoms with van der Waals surface area (Å²) < 4.78 is 0. The summed E-state index contributed by atoms with van der Waals surface area (Å²) in [6.07, 6.45) is 3.92. The zero-order chi connectivity index (χ0) is 14.7. The van der Waals surface area contributed by atoms with Crippen molar-refractivity contribution in [2.45, 2.75) is 29.9 Å². The first-order valence-corrected chi connectivity index (χ1v) is 8.26. The van der Waals surface area contributed by atoms with Gasteiger partial charge in [0.25, 0.3) is 5.91 Å². The zero-order valence-electron chi connectivity index (χ0n) is 12.2. The van der Waals surface area contributed by atoms with Crippen molar-refractivity contribution in [2.75, 3.05) is 13.1 Å². The topological polar surface area (TPSA) is 36.1 Å². The van der Waals surface area contributed by atoms with Crippen LogP contribution in [0.15, 0.2) is 47.5 Å². The lowest BCUT2D eigenvalue weighted by atomic mass is 10.1. The molecule has 0 spiro atoms. The minimum absolute atomic E-state index is 0.124. The van der Waals surface area contributed by atoms with Crippen LogP contribution in [-0.2, 0) is 0 Å². The summed E-state index contributed by atoms with van der Waals surface area (Å²) in [6, 6.07) is 12.4. The van der Waals surface area contributed by atoms with E-state index in [-0.39, 0.29) is 5.91 Å². The summed E-state index contributed by atoms with van der Waals surface area (Å²) in [5.41, 5.74) is 1.99. The zero-order valence-corrected chi connectivity index (χ0v) is 13.0. The van der Waals surface area contributed by atoms with Crippen molar-refractivity contribution in [3.05, 3.63) is 53.9 Å². The number of hydrogen-bond donors (Lipinski definition) is 1. The lowest BCUT2D eigenvalue weighted by molar-refractivity contribution is 0.0722. The van der Waals surface area contributed by atoms with Gasteiger partial charge in [-0.1, -0.05) is 17.7 Å². The summed E-state index contributed by atoms with van der Waals surface area (Å²) in [6.45, 7) is 3.81. The van der Waals surface area contributed by atoms with Gasteiger partial charge >= 0.3 is 0 Å². The summed E-state index contributed by atoms with van der Waals surface area (Å²) in [4.78, 5) is 18.5. The second-order valence-electron chi connectivity index (χ2n) is 5.51. The smallest absolute Gasteiger partial charge is 0.270 e. The van der Waals surface area contributed by atoms with Gasteiger partial charge in [-0.3, -0.25) is 4.79 Å². The van der Waals surface area contributed by atoms with Crippen LogP contribution in [-0.4, -0.2) is 34.1 Å².